The minimum Gasteiger partial charge on any atom is -0.360 e. The summed E-state index contributed by atoms with van der Waals surface area (Å²) in [5.74, 6) is 0.883. The van der Waals surface area contributed by atoms with Crippen LogP contribution >= 0.6 is 11.3 Å². The highest BCUT2D eigenvalue weighted by molar-refractivity contribution is 7.07. The lowest BCUT2D eigenvalue weighted by Crippen LogP contribution is -2.35. The van der Waals surface area contributed by atoms with E-state index in [4.69, 9.17) is 4.52 Å². The van der Waals surface area contributed by atoms with Crippen molar-refractivity contribution < 1.29 is 4.52 Å². The van der Waals surface area contributed by atoms with Crippen molar-refractivity contribution in [1.29, 1.82) is 0 Å². The molecule has 0 radical (unpaired) electrons. The van der Waals surface area contributed by atoms with Crippen molar-refractivity contribution in [3.63, 3.8) is 0 Å². The molecule has 0 amide bonds. The second kappa shape index (κ2) is 6.47. The number of hydrogen-bond donors (Lipinski definition) is 1. The van der Waals surface area contributed by atoms with Gasteiger partial charge in [-0.1, -0.05) is 5.16 Å². The summed E-state index contributed by atoms with van der Waals surface area (Å²) in [6.45, 7) is 8.68. The van der Waals surface area contributed by atoms with Crippen LogP contribution in [-0.2, 0) is 19.6 Å². The molecule has 5 nitrogen and oxygen atoms in total. The number of thiazole rings is 1. The Bertz CT molecular complexity index is 516. The molecule has 0 unspecified atom stereocenters. The Labute approximate surface area is 124 Å². The molecule has 2 aromatic heterocycles. The van der Waals surface area contributed by atoms with E-state index in [9.17, 15) is 0 Å². The first-order chi connectivity index (χ1) is 9.42. The SMILES string of the molecule is CN(Cc1cscn1)Cc1cc(CNC(C)(C)C)no1. The molecular formula is C14H22N4OS. The van der Waals surface area contributed by atoms with Crippen molar-refractivity contribution in [2.45, 2.75) is 45.9 Å². The number of rotatable bonds is 6. The predicted octanol–water partition coefficient (Wildman–Crippen LogP) is 2.65. The van der Waals surface area contributed by atoms with Crippen LogP contribution in [0.4, 0.5) is 0 Å². The van der Waals surface area contributed by atoms with Crippen LogP contribution in [0.25, 0.3) is 0 Å². The van der Waals surface area contributed by atoms with E-state index < -0.39 is 0 Å². The second-order valence-electron chi connectivity index (χ2n) is 6.04. The van der Waals surface area contributed by atoms with Crippen LogP contribution in [0.2, 0.25) is 0 Å². The summed E-state index contributed by atoms with van der Waals surface area (Å²) in [4.78, 5) is 6.44. The van der Waals surface area contributed by atoms with Crippen LogP contribution < -0.4 is 5.32 Å². The van der Waals surface area contributed by atoms with Gasteiger partial charge in [-0.15, -0.1) is 11.3 Å². The summed E-state index contributed by atoms with van der Waals surface area (Å²) >= 11 is 1.62. The molecule has 2 heterocycles. The zero-order valence-corrected chi connectivity index (χ0v) is 13.3. The summed E-state index contributed by atoms with van der Waals surface area (Å²) in [7, 11) is 2.05. The fraction of sp³-hybridized carbons (Fsp3) is 0.571. The molecule has 2 rings (SSSR count). The normalized spacial score (nSPS) is 12.2. The van der Waals surface area contributed by atoms with Gasteiger partial charge in [0.25, 0.3) is 0 Å². The van der Waals surface area contributed by atoms with Gasteiger partial charge >= 0.3 is 0 Å². The van der Waals surface area contributed by atoms with Gasteiger partial charge in [0, 0.05) is 30.1 Å². The van der Waals surface area contributed by atoms with Crippen molar-refractivity contribution in [3.05, 3.63) is 34.1 Å². The molecule has 0 bridgehead atoms. The fourth-order valence-electron chi connectivity index (χ4n) is 1.78. The van der Waals surface area contributed by atoms with Gasteiger partial charge in [0.1, 0.15) is 0 Å². The maximum absolute atomic E-state index is 5.37. The van der Waals surface area contributed by atoms with E-state index in [1.54, 1.807) is 11.3 Å². The van der Waals surface area contributed by atoms with Crippen LogP contribution in [0.5, 0.6) is 0 Å². The van der Waals surface area contributed by atoms with E-state index in [2.05, 4.69) is 53.6 Å². The molecule has 0 fully saturated rings. The van der Waals surface area contributed by atoms with Crippen LogP contribution in [0.15, 0.2) is 21.5 Å². The average Bonchev–Trinajstić information content (AvgIpc) is 2.97. The third-order valence-electron chi connectivity index (χ3n) is 2.75. The minimum atomic E-state index is 0.0839. The molecule has 0 aromatic carbocycles. The standard InChI is InChI=1S/C14H22N4OS/c1-14(2,3)16-6-11-5-13(19-17-11)8-18(4)7-12-9-20-10-15-12/h5,9-10,16H,6-8H2,1-4H3. The zero-order valence-electron chi connectivity index (χ0n) is 12.5. The third kappa shape index (κ3) is 5.03. The lowest BCUT2D eigenvalue weighted by molar-refractivity contribution is 0.263. The molecule has 2 aromatic rings. The molecule has 0 saturated carbocycles. The van der Waals surface area contributed by atoms with Gasteiger partial charge in [0.15, 0.2) is 5.76 Å². The van der Waals surface area contributed by atoms with E-state index in [-0.39, 0.29) is 5.54 Å². The van der Waals surface area contributed by atoms with Crippen molar-refractivity contribution in [2.24, 2.45) is 0 Å². The van der Waals surface area contributed by atoms with Gasteiger partial charge in [-0.05, 0) is 27.8 Å². The van der Waals surface area contributed by atoms with E-state index in [0.717, 1.165) is 36.8 Å². The molecule has 1 N–H and O–H groups in total. The molecule has 0 spiro atoms. The van der Waals surface area contributed by atoms with Gasteiger partial charge in [-0.3, -0.25) is 4.90 Å². The second-order valence-corrected chi connectivity index (χ2v) is 6.76. The minimum absolute atomic E-state index is 0.0839. The summed E-state index contributed by atoms with van der Waals surface area (Å²) in [5.41, 5.74) is 3.97. The van der Waals surface area contributed by atoms with Crippen LogP contribution in [0.3, 0.4) is 0 Å². The summed E-state index contributed by atoms with van der Waals surface area (Å²) < 4.78 is 5.37. The Morgan fingerprint density at radius 1 is 1.30 bits per heavy atom. The summed E-state index contributed by atoms with van der Waals surface area (Å²) in [5, 5.41) is 9.55. The molecule has 0 saturated heterocycles. The Balaban J connectivity index is 1.83. The molecule has 6 heteroatoms. The molecular weight excluding hydrogens is 272 g/mol. The average molecular weight is 294 g/mol. The first kappa shape index (κ1) is 15.2. The molecule has 0 aliphatic carbocycles. The highest BCUT2D eigenvalue weighted by atomic mass is 32.1. The zero-order chi connectivity index (χ0) is 14.6. The van der Waals surface area contributed by atoms with Gasteiger partial charge in [0.2, 0.25) is 0 Å². The van der Waals surface area contributed by atoms with Crippen molar-refractivity contribution in [3.8, 4) is 0 Å². The number of hydrogen-bond acceptors (Lipinski definition) is 6. The number of nitrogens with one attached hydrogen (secondary N) is 1. The van der Waals surface area contributed by atoms with Gasteiger partial charge in [-0.2, -0.15) is 0 Å². The van der Waals surface area contributed by atoms with Crippen LogP contribution in [0.1, 0.15) is 37.9 Å². The fourth-order valence-corrected chi connectivity index (χ4v) is 2.33. The summed E-state index contributed by atoms with van der Waals surface area (Å²) in [6.07, 6.45) is 0. The smallest absolute Gasteiger partial charge is 0.151 e. The number of nitrogens with zero attached hydrogens (tertiary/aromatic N) is 3. The maximum atomic E-state index is 5.37. The predicted molar refractivity (Wildman–Crippen MR) is 80.4 cm³/mol. The first-order valence-electron chi connectivity index (χ1n) is 6.67. The van der Waals surface area contributed by atoms with Crippen molar-refractivity contribution in [2.75, 3.05) is 7.05 Å². The van der Waals surface area contributed by atoms with Gasteiger partial charge in [-0.25, -0.2) is 4.98 Å². The third-order valence-corrected chi connectivity index (χ3v) is 3.38. The molecule has 20 heavy (non-hydrogen) atoms. The van der Waals surface area contributed by atoms with E-state index in [0.29, 0.717) is 0 Å². The first-order valence-corrected chi connectivity index (χ1v) is 7.62. The van der Waals surface area contributed by atoms with E-state index in [1.807, 2.05) is 11.6 Å². The van der Waals surface area contributed by atoms with Gasteiger partial charge in [0.05, 0.1) is 23.4 Å². The molecule has 110 valence electrons. The monoisotopic (exact) mass is 294 g/mol. The van der Waals surface area contributed by atoms with E-state index in [1.165, 1.54) is 0 Å². The Morgan fingerprint density at radius 2 is 2.10 bits per heavy atom. The topological polar surface area (TPSA) is 54.2 Å². The quantitative estimate of drug-likeness (QED) is 0.887. The molecule has 0 aliphatic heterocycles. The highest BCUT2D eigenvalue weighted by Gasteiger charge is 2.12. The molecule has 0 atom stereocenters. The highest BCUT2D eigenvalue weighted by Crippen LogP contribution is 2.11. The van der Waals surface area contributed by atoms with E-state index >= 15 is 0 Å². The van der Waals surface area contributed by atoms with Crippen molar-refractivity contribution >= 4 is 11.3 Å². The maximum Gasteiger partial charge on any atom is 0.151 e. The largest absolute Gasteiger partial charge is 0.360 e. The number of aromatic nitrogens is 2. The van der Waals surface area contributed by atoms with Crippen LogP contribution in [0, 0.1) is 0 Å². The Morgan fingerprint density at radius 3 is 2.75 bits per heavy atom. The van der Waals surface area contributed by atoms with Crippen LogP contribution in [-0.4, -0.2) is 27.6 Å². The lowest BCUT2D eigenvalue weighted by atomic mass is 10.1. The van der Waals surface area contributed by atoms with Crippen molar-refractivity contribution in [1.82, 2.24) is 20.4 Å². The lowest BCUT2D eigenvalue weighted by Gasteiger charge is -2.19. The summed E-state index contributed by atoms with van der Waals surface area (Å²) in [6, 6.07) is 2.01. The Kier molecular flexibility index (Phi) is 4.91. The van der Waals surface area contributed by atoms with Gasteiger partial charge < -0.3 is 9.84 Å². The Hall–Kier alpha value is -1.24. The molecule has 0 aliphatic rings.